The third kappa shape index (κ3) is 2.46. The van der Waals surface area contributed by atoms with Gasteiger partial charge in [0.1, 0.15) is 5.82 Å². The zero-order chi connectivity index (χ0) is 16.5. The molecule has 2 heterocycles. The molecular formula is C19H14N4O. The Morgan fingerprint density at radius 1 is 1.04 bits per heavy atom. The molecular weight excluding hydrogens is 300 g/mol. The fourth-order valence-electron chi connectivity index (χ4n) is 2.67. The van der Waals surface area contributed by atoms with Gasteiger partial charge in [0.05, 0.1) is 22.6 Å². The maximum atomic E-state index is 12.6. The molecule has 24 heavy (non-hydrogen) atoms. The van der Waals surface area contributed by atoms with Crippen molar-refractivity contribution in [3.05, 3.63) is 82.5 Å². The van der Waals surface area contributed by atoms with Gasteiger partial charge in [-0.3, -0.25) is 9.78 Å². The summed E-state index contributed by atoms with van der Waals surface area (Å²) in [6.07, 6.45) is 3.43. The van der Waals surface area contributed by atoms with E-state index in [2.05, 4.69) is 15.1 Å². The van der Waals surface area contributed by atoms with Gasteiger partial charge in [-0.25, -0.2) is 4.98 Å². The average Bonchev–Trinajstić information content (AvgIpc) is 2.61. The number of benzene rings is 2. The fraction of sp³-hybridized carbons (Fsp3) is 0.0526. The molecule has 0 N–H and O–H groups in total. The molecule has 2 aromatic carbocycles. The van der Waals surface area contributed by atoms with E-state index in [-0.39, 0.29) is 5.56 Å². The summed E-state index contributed by atoms with van der Waals surface area (Å²) in [5, 5.41) is 5.92. The molecule has 0 aliphatic carbocycles. The summed E-state index contributed by atoms with van der Waals surface area (Å²) in [7, 11) is 0. The first-order valence-corrected chi connectivity index (χ1v) is 7.60. The first kappa shape index (κ1) is 14.3. The Morgan fingerprint density at radius 3 is 2.83 bits per heavy atom. The Balaban J connectivity index is 1.80. The van der Waals surface area contributed by atoms with E-state index >= 15 is 0 Å². The number of aryl methyl sites for hydroxylation is 1. The van der Waals surface area contributed by atoms with Gasteiger partial charge in [0.2, 0.25) is 0 Å². The van der Waals surface area contributed by atoms with E-state index in [1.54, 1.807) is 25.4 Å². The molecule has 0 spiro atoms. The van der Waals surface area contributed by atoms with Gasteiger partial charge in [-0.2, -0.15) is 9.78 Å². The number of nitrogens with zero attached hydrogens (tertiary/aromatic N) is 4. The van der Waals surface area contributed by atoms with Crippen molar-refractivity contribution in [2.24, 2.45) is 5.10 Å². The minimum Gasteiger partial charge on any atom is -0.267 e. The van der Waals surface area contributed by atoms with Gasteiger partial charge in [0.25, 0.3) is 5.56 Å². The second-order valence-electron chi connectivity index (χ2n) is 5.49. The van der Waals surface area contributed by atoms with Gasteiger partial charge in [-0.1, -0.05) is 24.3 Å². The van der Waals surface area contributed by atoms with Crippen molar-refractivity contribution in [3.63, 3.8) is 0 Å². The number of hydrogen-bond acceptors (Lipinski definition) is 4. The second-order valence-corrected chi connectivity index (χ2v) is 5.49. The van der Waals surface area contributed by atoms with Crippen LogP contribution in [0.5, 0.6) is 0 Å². The highest BCUT2D eigenvalue weighted by atomic mass is 16.1. The van der Waals surface area contributed by atoms with Crippen molar-refractivity contribution >= 4 is 28.0 Å². The standard InChI is InChI=1S/C19H14N4O/c1-13-22-18-7-3-2-6-16(18)19(24)23(13)21-12-14-8-9-17-15(11-14)5-4-10-20-17/h2-12H,1H3. The van der Waals surface area contributed by atoms with Crippen molar-refractivity contribution in [1.29, 1.82) is 0 Å². The third-order valence-electron chi connectivity index (χ3n) is 3.86. The van der Waals surface area contributed by atoms with Crippen molar-refractivity contribution in [2.75, 3.05) is 0 Å². The lowest BCUT2D eigenvalue weighted by atomic mass is 10.1. The lowest BCUT2D eigenvalue weighted by Crippen LogP contribution is -2.20. The van der Waals surface area contributed by atoms with Crippen LogP contribution in [0.1, 0.15) is 11.4 Å². The normalized spacial score (nSPS) is 11.5. The molecule has 0 atom stereocenters. The van der Waals surface area contributed by atoms with Crippen molar-refractivity contribution in [1.82, 2.24) is 14.6 Å². The Labute approximate surface area is 137 Å². The Hall–Kier alpha value is -3.34. The van der Waals surface area contributed by atoms with E-state index in [0.29, 0.717) is 16.7 Å². The first-order chi connectivity index (χ1) is 11.7. The highest BCUT2D eigenvalue weighted by Gasteiger charge is 2.06. The quantitative estimate of drug-likeness (QED) is 0.534. The Kier molecular flexibility index (Phi) is 3.39. The molecule has 0 aliphatic rings. The van der Waals surface area contributed by atoms with E-state index in [9.17, 15) is 4.79 Å². The van der Waals surface area contributed by atoms with E-state index in [1.807, 2.05) is 48.5 Å². The van der Waals surface area contributed by atoms with Crippen LogP contribution in [-0.4, -0.2) is 20.9 Å². The molecule has 0 amide bonds. The predicted octanol–water partition coefficient (Wildman–Crippen LogP) is 3.14. The average molecular weight is 314 g/mol. The van der Waals surface area contributed by atoms with Gasteiger partial charge in [-0.05, 0) is 42.8 Å². The molecule has 0 unspecified atom stereocenters. The van der Waals surface area contributed by atoms with Crippen LogP contribution in [0, 0.1) is 6.92 Å². The van der Waals surface area contributed by atoms with E-state index < -0.39 is 0 Å². The molecule has 2 aromatic heterocycles. The van der Waals surface area contributed by atoms with Crippen LogP contribution in [0.15, 0.2) is 70.7 Å². The van der Waals surface area contributed by atoms with Crippen LogP contribution in [0.2, 0.25) is 0 Å². The summed E-state index contributed by atoms with van der Waals surface area (Å²) >= 11 is 0. The molecule has 5 nitrogen and oxygen atoms in total. The van der Waals surface area contributed by atoms with Crippen LogP contribution in [0.25, 0.3) is 21.8 Å². The Morgan fingerprint density at radius 2 is 1.92 bits per heavy atom. The summed E-state index contributed by atoms with van der Waals surface area (Å²) in [6.45, 7) is 1.77. The highest BCUT2D eigenvalue weighted by molar-refractivity contribution is 5.88. The zero-order valence-electron chi connectivity index (χ0n) is 13.0. The fourth-order valence-corrected chi connectivity index (χ4v) is 2.67. The van der Waals surface area contributed by atoms with Crippen LogP contribution in [0.4, 0.5) is 0 Å². The van der Waals surface area contributed by atoms with Gasteiger partial charge >= 0.3 is 0 Å². The highest BCUT2D eigenvalue weighted by Crippen LogP contribution is 2.12. The monoisotopic (exact) mass is 314 g/mol. The third-order valence-corrected chi connectivity index (χ3v) is 3.86. The number of pyridine rings is 1. The molecule has 4 rings (SSSR count). The minimum absolute atomic E-state index is 0.170. The molecule has 0 bridgehead atoms. The molecule has 0 fully saturated rings. The van der Waals surface area contributed by atoms with Gasteiger partial charge in [0.15, 0.2) is 0 Å². The molecule has 116 valence electrons. The van der Waals surface area contributed by atoms with Crippen molar-refractivity contribution in [3.8, 4) is 0 Å². The first-order valence-electron chi connectivity index (χ1n) is 7.60. The summed E-state index contributed by atoms with van der Waals surface area (Å²) in [5.74, 6) is 0.553. The lowest BCUT2D eigenvalue weighted by molar-refractivity contribution is 0.771. The van der Waals surface area contributed by atoms with Crippen LogP contribution >= 0.6 is 0 Å². The molecule has 5 heteroatoms. The number of hydrogen-bond donors (Lipinski definition) is 0. The van der Waals surface area contributed by atoms with Gasteiger partial charge < -0.3 is 0 Å². The zero-order valence-corrected chi connectivity index (χ0v) is 13.0. The van der Waals surface area contributed by atoms with Gasteiger partial charge in [-0.15, -0.1) is 0 Å². The molecule has 0 saturated heterocycles. The lowest BCUT2D eigenvalue weighted by Gasteiger charge is -2.05. The number of rotatable bonds is 2. The van der Waals surface area contributed by atoms with E-state index in [0.717, 1.165) is 16.5 Å². The Bertz CT molecular complexity index is 1140. The van der Waals surface area contributed by atoms with Crippen LogP contribution in [0.3, 0.4) is 0 Å². The summed E-state index contributed by atoms with van der Waals surface area (Å²) in [5.41, 5.74) is 2.34. The topological polar surface area (TPSA) is 60.1 Å². The van der Waals surface area contributed by atoms with Gasteiger partial charge in [0, 0.05) is 11.6 Å². The smallest absolute Gasteiger partial charge is 0.267 e. The molecule has 0 radical (unpaired) electrons. The summed E-state index contributed by atoms with van der Waals surface area (Å²) in [4.78, 5) is 21.3. The van der Waals surface area contributed by atoms with Crippen LogP contribution < -0.4 is 5.56 Å². The molecule has 4 aromatic rings. The number of para-hydroxylation sites is 1. The maximum absolute atomic E-state index is 12.6. The SMILES string of the molecule is Cc1nc2ccccc2c(=O)n1N=Cc1ccc2ncccc2c1. The molecule has 0 saturated carbocycles. The molecule has 0 aliphatic heterocycles. The second kappa shape index (κ2) is 5.70. The largest absolute Gasteiger partial charge is 0.282 e. The van der Waals surface area contributed by atoms with E-state index in [1.165, 1.54) is 4.68 Å². The maximum Gasteiger partial charge on any atom is 0.282 e. The summed E-state index contributed by atoms with van der Waals surface area (Å²) < 4.78 is 1.33. The number of fused-ring (bicyclic) bond motifs is 2. The minimum atomic E-state index is -0.170. The number of aromatic nitrogens is 3. The predicted molar refractivity (Wildman–Crippen MR) is 95.5 cm³/mol. The summed E-state index contributed by atoms with van der Waals surface area (Å²) in [6, 6.07) is 17.0. The van der Waals surface area contributed by atoms with Crippen molar-refractivity contribution < 1.29 is 0 Å². The van der Waals surface area contributed by atoms with Crippen LogP contribution in [-0.2, 0) is 0 Å². The van der Waals surface area contributed by atoms with Crippen molar-refractivity contribution in [2.45, 2.75) is 6.92 Å². The van der Waals surface area contributed by atoms with E-state index in [4.69, 9.17) is 0 Å².